The van der Waals surface area contributed by atoms with Gasteiger partial charge in [0.05, 0.1) is 11.1 Å². The minimum Gasteiger partial charge on any atom is -0.225 e. The van der Waals surface area contributed by atoms with Crippen molar-refractivity contribution in [3.8, 4) is 5.82 Å². The van der Waals surface area contributed by atoms with Crippen LogP contribution in [-0.2, 0) is 0 Å². The summed E-state index contributed by atoms with van der Waals surface area (Å²) in [5.41, 5.74) is 0.983. The molecule has 3 rings (SSSR count). The lowest BCUT2D eigenvalue weighted by Gasteiger charge is -2.00. The molecule has 3 aromatic rings. The minimum atomic E-state index is 0.842. The van der Waals surface area contributed by atoms with Gasteiger partial charge in [0.2, 0.25) is 0 Å². The molecule has 74 valence electrons. The van der Waals surface area contributed by atoms with Gasteiger partial charge < -0.3 is 0 Å². The number of aryl methyl sites for hydroxylation is 1. The van der Waals surface area contributed by atoms with E-state index in [4.69, 9.17) is 0 Å². The Balaban J connectivity index is 2.30. The minimum absolute atomic E-state index is 0.842. The van der Waals surface area contributed by atoms with E-state index in [9.17, 15) is 0 Å². The maximum Gasteiger partial charge on any atom is 0.165 e. The molecule has 3 aromatic heterocycles. The summed E-state index contributed by atoms with van der Waals surface area (Å²) in [5, 5.41) is 7.40. The number of hydrogen-bond acceptors (Lipinski definition) is 4. The Morgan fingerprint density at radius 3 is 3.00 bits per heavy atom. The molecule has 0 atom stereocenters. The molecule has 0 aliphatic heterocycles. The Kier molecular flexibility index (Phi) is 1.78. The first-order valence-corrected chi connectivity index (χ1v) is 5.43. The third-order valence-electron chi connectivity index (χ3n) is 2.18. The Hall–Kier alpha value is -1.75. The monoisotopic (exact) mass is 216 g/mol. The number of hydrogen-bond donors (Lipinski definition) is 0. The van der Waals surface area contributed by atoms with Gasteiger partial charge in [-0.25, -0.2) is 14.6 Å². The van der Waals surface area contributed by atoms with Crippen molar-refractivity contribution in [1.29, 1.82) is 0 Å². The van der Waals surface area contributed by atoms with Gasteiger partial charge in [0.15, 0.2) is 5.82 Å². The van der Waals surface area contributed by atoms with Crippen LogP contribution in [0.1, 0.15) is 5.69 Å². The fourth-order valence-corrected chi connectivity index (χ4v) is 2.22. The van der Waals surface area contributed by atoms with Gasteiger partial charge in [0.1, 0.15) is 11.2 Å². The van der Waals surface area contributed by atoms with Crippen LogP contribution in [0.25, 0.3) is 16.0 Å². The zero-order valence-electron chi connectivity index (χ0n) is 8.08. The molecule has 0 unspecified atom stereocenters. The fourth-order valence-electron chi connectivity index (χ4n) is 1.49. The van der Waals surface area contributed by atoms with Crippen molar-refractivity contribution < 1.29 is 0 Å². The molecule has 0 aliphatic rings. The number of rotatable bonds is 1. The predicted octanol–water partition coefficient (Wildman–Crippen LogP) is 2.19. The van der Waals surface area contributed by atoms with Crippen LogP contribution in [0.15, 0.2) is 30.0 Å². The maximum atomic E-state index is 4.34. The van der Waals surface area contributed by atoms with E-state index in [1.807, 2.05) is 30.6 Å². The predicted molar refractivity (Wildman–Crippen MR) is 59.3 cm³/mol. The van der Waals surface area contributed by atoms with Crippen molar-refractivity contribution in [2.24, 2.45) is 0 Å². The van der Waals surface area contributed by atoms with Crippen molar-refractivity contribution in [2.45, 2.75) is 6.92 Å². The molecule has 0 saturated heterocycles. The summed E-state index contributed by atoms with van der Waals surface area (Å²) in [6.07, 6.45) is 3.49. The van der Waals surface area contributed by atoms with E-state index in [-0.39, 0.29) is 0 Å². The van der Waals surface area contributed by atoms with Crippen LogP contribution in [0, 0.1) is 6.92 Å². The molecule has 3 heterocycles. The first-order valence-electron chi connectivity index (χ1n) is 4.55. The Morgan fingerprint density at radius 2 is 2.20 bits per heavy atom. The molecule has 0 N–H and O–H groups in total. The Labute approximate surface area is 90.2 Å². The lowest BCUT2D eigenvalue weighted by Crippen LogP contribution is -1.99. The molecule has 0 radical (unpaired) electrons. The van der Waals surface area contributed by atoms with Gasteiger partial charge in [0.25, 0.3) is 0 Å². The lowest BCUT2D eigenvalue weighted by molar-refractivity contribution is 0.837. The molecule has 0 saturated carbocycles. The van der Waals surface area contributed by atoms with Crippen molar-refractivity contribution in [1.82, 2.24) is 19.7 Å². The highest BCUT2D eigenvalue weighted by atomic mass is 32.1. The zero-order valence-corrected chi connectivity index (χ0v) is 8.90. The van der Waals surface area contributed by atoms with E-state index in [2.05, 4.69) is 15.1 Å². The normalized spacial score (nSPS) is 11.0. The average molecular weight is 216 g/mol. The van der Waals surface area contributed by atoms with Crippen molar-refractivity contribution in [2.75, 3.05) is 0 Å². The van der Waals surface area contributed by atoms with Crippen LogP contribution in [0.4, 0.5) is 0 Å². The summed E-state index contributed by atoms with van der Waals surface area (Å²) in [5.74, 6) is 0.842. The first-order chi connectivity index (χ1) is 7.34. The molecule has 0 amide bonds. The van der Waals surface area contributed by atoms with Crippen LogP contribution in [0.3, 0.4) is 0 Å². The zero-order chi connectivity index (χ0) is 10.3. The van der Waals surface area contributed by atoms with Crippen molar-refractivity contribution in [3.05, 3.63) is 35.7 Å². The molecule has 4 nitrogen and oxygen atoms in total. The summed E-state index contributed by atoms with van der Waals surface area (Å²) < 4.78 is 1.78. The van der Waals surface area contributed by atoms with E-state index in [1.54, 1.807) is 22.3 Å². The summed E-state index contributed by atoms with van der Waals surface area (Å²) in [7, 11) is 0. The lowest BCUT2D eigenvalue weighted by atomic mass is 10.4. The fraction of sp³-hybridized carbons (Fsp3) is 0.100. The molecule has 0 aliphatic carbocycles. The smallest absolute Gasteiger partial charge is 0.165 e. The highest BCUT2D eigenvalue weighted by Crippen LogP contribution is 2.22. The Bertz CT molecular complexity index is 610. The van der Waals surface area contributed by atoms with Gasteiger partial charge in [-0.05, 0) is 24.4 Å². The van der Waals surface area contributed by atoms with E-state index in [1.165, 1.54) is 0 Å². The molecule has 0 bridgehead atoms. The van der Waals surface area contributed by atoms with Gasteiger partial charge >= 0.3 is 0 Å². The molecule has 0 aromatic carbocycles. The number of fused-ring (bicyclic) bond motifs is 1. The second-order valence-electron chi connectivity index (χ2n) is 3.24. The van der Waals surface area contributed by atoms with Crippen LogP contribution < -0.4 is 0 Å². The highest BCUT2D eigenvalue weighted by molar-refractivity contribution is 7.16. The summed E-state index contributed by atoms with van der Waals surface area (Å²) in [6, 6.07) is 3.98. The van der Waals surface area contributed by atoms with Crippen molar-refractivity contribution in [3.63, 3.8) is 0 Å². The molecule has 0 spiro atoms. The van der Waals surface area contributed by atoms with Gasteiger partial charge in [-0.1, -0.05) is 0 Å². The van der Waals surface area contributed by atoms with E-state index in [0.29, 0.717) is 0 Å². The third-order valence-corrected chi connectivity index (χ3v) is 3.00. The molecule has 15 heavy (non-hydrogen) atoms. The summed E-state index contributed by atoms with van der Waals surface area (Å²) in [6.45, 7) is 1.96. The molecular formula is C10H8N4S. The van der Waals surface area contributed by atoms with Gasteiger partial charge in [-0.2, -0.15) is 5.10 Å². The van der Waals surface area contributed by atoms with Gasteiger partial charge in [-0.3, -0.25) is 0 Å². The largest absolute Gasteiger partial charge is 0.225 e. The van der Waals surface area contributed by atoms with E-state index < -0.39 is 0 Å². The number of nitrogens with zero attached hydrogens (tertiary/aromatic N) is 4. The van der Waals surface area contributed by atoms with Crippen molar-refractivity contribution >= 4 is 21.6 Å². The topological polar surface area (TPSA) is 43.6 Å². The standard InChI is InChI=1S/C10H8N4S/c1-7-2-4-14(13-7)9-8-3-5-15-10(8)12-6-11-9/h2-6H,1H3. The maximum absolute atomic E-state index is 4.34. The SMILES string of the molecule is Cc1ccn(-c2ncnc3sccc23)n1. The third kappa shape index (κ3) is 1.32. The second kappa shape index (κ2) is 3.13. The number of aromatic nitrogens is 4. The summed E-state index contributed by atoms with van der Waals surface area (Å²) >= 11 is 1.61. The Morgan fingerprint density at radius 1 is 1.27 bits per heavy atom. The van der Waals surface area contributed by atoms with E-state index >= 15 is 0 Å². The number of thiophene rings is 1. The summed E-state index contributed by atoms with van der Waals surface area (Å²) in [4.78, 5) is 9.45. The van der Waals surface area contributed by atoms with E-state index in [0.717, 1.165) is 21.7 Å². The molecular weight excluding hydrogens is 208 g/mol. The average Bonchev–Trinajstić information content (AvgIpc) is 2.84. The molecule has 0 fully saturated rings. The molecule has 5 heteroatoms. The highest BCUT2D eigenvalue weighted by Gasteiger charge is 2.06. The van der Waals surface area contributed by atoms with Gasteiger partial charge in [0, 0.05) is 6.20 Å². The van der Waals surface area contributed by atoms with Crippen LogP contribution in [0.2, 0.25) is 0 Å². The van der Waals surface area contributed by atoms with Crippen LogP contribution >= 0.6 is 11.3 Å². The quantitative estimate of drug-likeness (QED) is 0.626. The second-order valence-corrected chi connectivity index (χ2v) is 4.13. The van der Waals surface area contributed by atoms with Crippen LogP contribution in [-0.4, -0.2) is 19.7 Å². The van der Waals surface area contributed by atoms with Crippen LogP contribution in [0.5, 0.6) is 0 Å². The first kappa shape index (κ1) is 8.55. The van der Waals surface area contributed by atoms with Gasteiger partial charge in [-0.15, -0.1) is 11.3 Å².